The van der Waals surface area contributed by atoms with Crippen molar-refractivity contribution in [3.8, 4) is 11.4 Å². The van der Waals surface area contributed by atoms with Crippen molar-refractivity contribution in [3.63, 3.8) is 0 Å². The summed E-state index contributed by atoms with van der Waals surface area (Å²) in [6, 6.07) is 21.6. The van der Waals surface area contributed by atoms with Gasteiger partial charge in [0.05, 0.1) is 24.7 Å². The summed E-state index contributed by atoms with van der Waals surface area (Å²) < 4.78 is 7.53. The van der Waals surface area contributed by atoms with Crippen LogP contribution in [0.4, 0.5) is 5.69 Å². The van der Waals surface area contributed by atoms with E-state index in [1.54, 1.807) is 12.7 Å². The third-order valence-electron chi connectivity index (χ3n) is 8.30. The molecule has 0 N–H and O–H groups in total. The van der Waals surface area contributed by atoms with Gasteiger partial charge in [0.25, 0.3) is 0 Å². The molecule has 0 amide bonds. The number of hydrogen-bond acceptors (Lipinski definition) is 2. The van der Waals surface area contributed by atoms with E-state index >= 15 is 0 Å². The van der Waals surface area contributed by atoms with E-state index in [0.29, 0.717) is 5.41 Å². The standard InChI is InChI=1S/C29H32N2O/c1-20-3-8-27(31(20)26-9-11-28(32-2)12-10-26)19-30-25-6-4-24(5-7-25)29-16-21-13-22(17-29)15-23(14-21)18-29/h3-12,19,21-23H,13-18H2,1-2H3. The number of aliphatic imine (C=N–C) groups is 1. The van der Waals surface area contributed by atoms with E-state index in [9.17, 15) is 0 Å². The molecule has 0 atom stereocenters. The summed E-state index contributed by atoms with van der Waals surface area (Å²) in [5.41, 5.74) is 6.43. The number of aryl methyl sites for hydroxylation is 1. The molecule has 3 aromatic rings. The Labute approximate surface area is 191 Å². The quantitative estimate of drug-likeness (QED) is 0.405. The minimum absolute atomic E-state index is 0.456. The summed E-state index contributed by atoms with van der Waals surface area (Å²) in [6.07, 6.45) is 10.7. The Morgan fingerprint density at radius 3 is 2.06 bits per heavy atom. The Balaban J connectivity index is 1.23. The van der Waals surface area contributed by atoms with Gasteiger partial charge in [-0.15, -0.1) is 0 Å². The van der Waals surface area contributed by atoms with Gasteiger partial charge in [0.15, 0.2) is 0 Å². The van der Waals surface area contributed by atoms with Crippen molar-refractivity contribution < 1.29 is 4.74 Å². The summed E-state index contributed by atoms with van der Waals surface area (Å²) in [5, 5.41) is 0. The van der Waals surface area contributed by atoms with Crippen LogP contribution in [0.15, 0.2) is 65.7 Å². The highest BCUT2D eigenvalue weighted by Crippen LogP contribution is 2.60. The van der Waals surface area contributed by atoms with E-state index in [0.717, 1.165) is 40.6 Å². The fourth-order valence-corrected chi connectivity index (χ4v) is 7.25. The summed E-state index contributed by atoms with van der Waals surface area (Å²) in [7, 11) is 1.70. The molecule has 164 valence electrons. The summed E-state index contributed by atoms with van der Waals surface area (Å²) >= 11 is 0. The number of methoxy groups -OCH3 is 1. The molecule has 0 unspecified atom stereocenters. The zero-order valence-electron chi connectivity index (χ0n) is 19.1. The Bertz CT molecular complexity index is 1100. The molecule has 3 heteroatoms. The van der Waals surface area contributed by atoms with Crippen LogP contribution in [0.2, 0.25) is 0 Å². The third kappa shape index (κ3) is 3.39. The van der Waals surface area contributed by atoms with Gasteiger partial charge < -0.3 is 9.30 Å². The first-order valence-corrected chi connectivity index (χ1v) is 12.1. The fraction of sp³-hybridized carbons (Fsp3) is 0.414. The van der Waals surface area contributed by atoms with Gasteiger partial charge in [0, 0.05) is 11.4 Å². The molecule has 0 saturated heterocycles. The average Bonchev–Trinajstić information content (AvgIpc) is 3.17. The zero-order valence-corrected chi connectivity index (χ0v) is 19.1. The predicted molar refractivity (Wildman–Crippen MR) is 131 cm³/mol. The van der Waals surface area contributed by atoms with Gasteiger partial charge in [-0.05, 0) is 123 Å². The van der Waals surface area contributed by atoms with Crippen LogP contribution < -0.4 is 4.74 Å². The molecule has 0 aliphatic heterocycles. The second-order valence-electron chi connectivity index (χ2n) is 10.4. The van der Waals surface area contributed by atoms with E-state index in [1.165, 1.54) is 44.2 Å². The van der Waals surface area contributed by atoms with Crippen LogP contribution in [0.5, 0.6) is 5.75 Å². The molecule has 0 spiro atoms. The van der Waals surface area contributed by atoms with Gasteiger partial charge >= 0.3 is 0 Å². The molecule has 7 rings (SSSR count). The second kappa shape index (κ2) is 7.65. The largest absolute Gasteiger partial charge is 0.497 e. The molecular formula is C29H32N2O. The molecule has 4 aliphatic carbocycles. The van der Waals surface area contributed by atoms with E-state index in [2.05, 4.69) is 60.0 Å². The molecule has 4 saturated carbocycles. The van der Waals surface area contributed by atoms with Crippen molar-refractivity contribution in [2.24, 2.45) is 22.7 Å². The van der Waals surface area contributed by atoms with Gasteiger partial charge in [-0.2, -0.15) is 0 Å². The zero-order chi connectivity index (χ0) is 21.7. The molecule has 3 nitrogen and oxygen atoms in total. The maximum Gasteiger partial charge on any atom is 0.119 e. The number of rotatable bonds is 5. The van der Waals surface area contributed by atoms with Crippen LogP contribution in [0.1, 0.15) is 55.5 Å². The van der Waals surface area contributed by atoms with E-state index in [-0.39, 0.29) is 0 Å². The monoisotopic (exact) mass is 424 g/mol. The van der Waals surface area contributed by atoms with Crippen molar-refractivity contribution in [1.82, 2.24) is 4.57 Å². The first kappa shape index (κ1) is 19.8. The number of benzene rings is 2. The van der Waals surface area contributed by atoms with Crippen LogP contribution in [-0.2, 0) is 5.41 Å². The van der Waals surface area contributed by atoms with Gasteiger partial charge in [-0.25, -0.2) is 0 Å². The van der Waals surface area contributed by atoms with Gasteiger partial charge in [0.2, 0.25) is 0 Å². The molecule has 4 fully saturated rings. The Hall–Kier alpha value is -2.81. The average molecular weight is 425 g/mol. The lowest BCUT2D eigenvalue weighted by molar-refractivity contribution is -0.00518. The van der Waals surface area contributed by atoms with Crippen molar-refractivity contribution in [2.75, 3.05) is 7.11 Å². The van der Waals surface area contributed by atoms with Crippen LogP contribution in [-0.4, -0.2) is 17.9 Å². The van der Waals surface area contributed by atoms with Crippen LogP contribution in [0.25, 0.3) is 5.69 Å². The molecule has 4 bridgehead atoms. The minimum atomic E-state index is 0.456. The lowest BCUT2D eigenvalue weighted by Crippen LogP contribution is -2.48. The van der Waals surface area contributed by atoms with Crippen LogP contribution >= 0.6 is 0 Å². The number of ether oxygens (including phenoxy) is 1. The lowest BCUT2D eigenvalue weighted by Gasteiger charge is -2.57. The van der Waals surface area contributed by atoms with Crippen LogP contribution in [0.3, 0.4) is 0 Å². The predicted octanol–water partition coefficient (Wildman–Crippen LogP) is 7.01. The summed E-state index contributed by atoms with van der Waals surface area (Å²) in [5.74, 6) is 3.81. The highest BCUT2D eigenvalue weighted by Gasteiger charge is 2.51. The fourth-order valence-electron chi connectivity index (χ4n) is 7.25. The van der Waals surface area contributed by atoms with Gasteiger partial charge in [-0.3, -0.25) is 4.99 Å². The highest BCUT2D eigenvalue weighted by molar-refractivity contribution is 5.81. The first-order valence-electron chi connectivity index (χ1n) is 12.1. The summed E-state index contributed by atoms with van der Waals surface area (Å²) in [6.45, 7) is 2.13. The van der Waals surface area contributed by atoms with Crippen molar-refractivity contribution in [3.05, 3.63) is 77.6 Å². The van der Waals surface area contributed by atoms with Gasteiger partial charge in [-0.1, -0.05) is 12.1 Å². The van der Waals surface area contributed by atoms with Crippen molar-refractivity contribution in [2.45, 2.75) is 50.9 Å². The maximum atomic E-state index is 5.30. The van der Waals surface area contributed by atoms with Crippen molar-refractivity contribution in [1.29, 1.82) is 0 Å². The molecule has 2 aromatic carbocycles. The normalized spacial score (nSPS) is 28.5. The molecule has 0 radical (unpaired) electrons. The van der Waals surface area contributed by atoms with E-state index in [1.807, 2.05) is 18.3 Å². The second-order valence-corrected chi connectivity index (χ2v) is 10.4. The number of nitrogens with zero attached hydrogens (tertiary/aromatic N) is 2. The molecule has 1 heterocycles. The number of hydrogen-bond donors (Lipinski definition) is 0. The molecule has 32 heavy (non-hydrogen) atoms. The first-order chi connectivity index (χ1) is 15.6. The smallest absolute Gasteiger partial charge is 0.119 e. The number of aromatic nitrogens is 1. The summed E-state index contributed by atoms with van der Waals surface area (Å²) in [4.78, 5) is 4.83. The SMILES string of the molecule is COc1ccc(-n2c(C)ccc2C=Nc2ccc(C34CC5CC(CC(C5)C3)C4)cc2)cc1. The minimum Gasteiger partial charge on any atom is -0.497 e. The van der Waals surface area contributed by atoms with Gasteiger partial charge in [0.1, 0.15) is 5.75 Å². The third-order valence-corrected chi connectivity index (χ3v) is 8.30. The Morgan fingerprint density at radius 1 is 0.844 bits per heavy atom. The van der Waals surface area contributed by atoms with Crippen LogP contribution in [0, 0.1) is 24.7 Å². The molecular weight excluding hydrogens is 392 g/mol. The molecule has 1 aromatic heterocycles. The molecule has 4 aliphatic rings. The maximum absolute atomic E-state index is 5.30. The van der Waals surface area contributed by atoms with E-state index < -0.39 is 0 Å². The Kier molecular flexibility index (Phi) is 4.74. The lowest BCUT2D eigenvalue weighted by atomic mass is 9.48. The van der Waals surface area contributed by atoms with Crippen molar-refractivity contribution >= 4 is 11.9 Å². The topological polar surface area (TPSA) is 26.5 Å². The van der Waals surface area contributed by atoms with E-state index in [4.69, 9.17) is 9.73 Å². The highest BCUT2D eigenvalue weighted by atomic mass is 16.5. The Morgan fingerprint density at radius 2 is 1.47 bits per heavy atom.